The zero-order chi connectivity index (χ0) is 13.0. The molecule has 3 atom stereocenters. The first kappa shape index (κ1) is 14.3. The monoisotopic (exact) mass is 253 g/mol. The van der Waals surface area contributed by atoms with E-state index in [9.17, 15) is 0 Å². The van der Waals surface area contributed by atoms with Crippen LogP contribution in [0.1, 0.15) is 52.4 Å². The van der Waals surface area contributed by atoms with E-state index >= 15 is 0 Å². The maximum absolute atomic E-state index is 6.03. The molecule has 2 rings (SSSR count). The van der Waals surface area contributed by atoms with Crippen LogP contribution in [0.4, 0.5) is 0 Å². The van der Waals surface area contributed by atoms with Gasteiger partial charge in [0.2, 0.25) is 0 Å². The molecule has 0 aliphatic carbocycles. The molecule has 0 aromatic carbocycles. The number of hydrogen-bond donors (Lipinski definition) is 1. The number of fused-ring (bicyclic) bond motifs is 1. The first-order chi connectivity index (χ1) is 8.76. The molecule has 2 aliphatic heterocycles. The largest absolute Gasteiger partial charge is 0.329 e. The Bertz CT molecular complexity index is 244. The molecule has 2 saturated heterocycles. The first-order valence-corrected chi connectivity index (χ1v) is 7.96. The number of piperazine rings is 1. The van der Waals surface area contributed by atoms with Crippen LogP contribution in [-0.2, 0) is 0 Å². The van der Waals surface area contributed by atoms with Gasteiger partial charge in [-0.05, 0) is 32.7 Å². The minimum Gasteiger partial charge on any atom is -0.329 e. The summed E-state index contributed by atoms with van der Waals surface area (Å²) in [6.45, 7) is 9.34. The minimum absolute atomic E-state index is 0.620. The van der Waals surface area contributed by atoms with Gasteiger partial charge in [-0.2, -0.15) is 0 Å². The second-order valence-electron chi connectivity index (χ2n) is 6.22. The van der Waals surface area contributed by atoms with Crippen molar-refractivity contribution >= 4 is 0 Å². The highest BCUT2D eigenvalue weighted by Crippen LogP contribution is 2.26. The Hall–Kier alpha value is -0.120. The van der Waals surface area contributed by atoms with Crippen LogP contribution in [0.5, 0.6) is 0 Å². The van der Waals surface area contributed by atoms with Crippen molar-refractivity contribution in [1.82, 2.24) is 9.80 Å². The standard InChI is InChI=1S/C15H31N3/c1-3-4-5-7-14(10-16)18-12-15-8-6-9-17(15)11-13(18)2/h13-15H,3-12,16H2,1-2H3. The van der Waals surface area contributed by atoms with Crippen molar-refractivity contribution in [1.29, 1.82) is 0 Å². The van der Waals surface area contributed by atoms with Gasteiger partial charge < -0.3 is 5.73 Å². The zero-order valence-electron chi connectivity index (χ0n) is 12.3. The predicted molar refractivity (Wildman–Crippen MR) is 77.7 cm³/mol. The molecule has 2 heterocycles. The SMILES string of the molecule is CCCCCC(CN)N1CC2CCCN2CC1C. The van der Waals surface area contributed by atoms with Gasteiger partial charge in [-0.25, -0.2) is 0 Å². The maximum Gasteiger partial charge on any atom is 0.0224 e. The lowest BCUT2D eigenvalue weighted by Crippen LogP contribution is -2.59. The normalized spacial score (nSPS) is 31.5. The molecule has 2 aliphatic rings. The summed E-state index contributed by atoms with van der Waals surface area (Å²) in [6.07, 6.45) is 8.10. The van der Waals surface area contributed by atoms with Crippen molar-refractivity contribution in [2.75, 3.05) is 26.2 Å². The lowest BCUT2D eigenvalue weighted by molar-refractivity contribution is 0.0270. The fourth-order valence-corrected chi connectivity index (χ4v) is 3.77. The van der Waals surface area contributed by atoms with Crippen LogP contribution >= 0.6 is 0 Å². The van der Waals surface area contributed by atoms with E-state index in [0.717, 1.165) is 12.6 Å². The van der Waals surface area contributed by atoms with Gasteiger partial charge in [0.1, 0.15) is 0 Å². The average Bonchev–Trinajstić information content (AvgIpc) is 2.81. The fraction of sp³-hybridized carbons (Fsp3) is 1.00. The first-order valence-electron chi connectivity index (χ1n) is 7.96. The molecule has 3 unspecified atom stereocenters. The van der Waals surface area contributed by atoms with Crippen LogP contribution in [0, 0.1) is 0 Å². The van der Waals surface area contributed by atoms with Gasteiger partial charge in [-0.15, -0.1) is 0 Å². The van der Waals surface area contributed by atoms with Gasteiger partial charge in [0, 0.05) is 37.8 Å². The van der Waals surface area contributed by atoms with E-state index in [4.69, 9.17) is 5.73 Å². The average molecular weight is 253 g/mol. The molecule has 0 bridgehead atoms. The fourth-order valence-electron chi connectivity index (χ4n) is 3.77. The molecule has 0 aromatic heterocycles. The van der Waals surface area contributed by atoms with Crippen molar-refractivity contribution in [2.45, 2.75) is 70.5 Å². The Morgan fingerprint density at radius 1 is 1.28 bits per heavy atom. The van der Waals surface area contributed by atoms with E-state index in [1.54, 1.807) is 0 Å². The molecule has 106 valence electrons. The lowest BCUT2D eigenvalue weighted by atomic mass is 10.0. The van der Waals surface area contributed by atoms with Crippen LogP contribution in [0.2, 0.25) is 0 Å². The second kappa shape index (κ2) is 6.88. The quantitative estimate of drug-likeness (QED) is 0.736. The number of unbranched alkanes of at least 4 members (excludes halogenated alkanes) is 2. The minimum atomic E-state index is 0.620. The van der Waals surface area contributed by atoms with E-state index in [2.05, 4.69) is 23.6 Å². The van der Waals surface area contributed by atoms with Crippen LogP contribution < -0.4 is 5.73 Å². The summed E-state index contributed by atoms with van der Waals surface area (Å²) in [4.78, 5) is 5.41. The maximum atomic E-state index is 6.03. The Kier molecular flexibility index (Phi) is 5.46. The van der Waals surface area contributed by atoms with Gasteiger partial charge in [0.05, 0.1) is 0 Å². The number of hydrogen-bond acceptors (Lipinski definition) is 3. The smallest absolute Gasteiger partial charge is 0.0224 e. The van der Waals surface area contributed by atoms with Crippen molar-refractivity contribution in [3.8, 4) is 0 Å². The van der Waals surface area contributed by atoms with E-state index < -0.39 is 0 Å². The summed E-state index contributed by atoms with van der Waals surface area (Å²) in [5, 5.41) is 0. The molecule has 0 aromatic rings. The molecule has 0 radical (unpaired) electrons. The molecular formula is C15H31N3. The third-order valence-electron chi connectivity index (χ3n) is 4.87. The van der Waals surface area contributed by atoms with E-state index in [1.807, 2.05) is 0 Å². The molecule has 2 N–H and O–H groups in total. The van der Waals surface area contributed by atoms with E-state index in [1.165, 1.54) is 58.2 Å². The molecule has 0 saturated carbocycles. The third kappa shape index (κ3) is 3.25. The highest BCUT2D eigenvalue weighted by molar-refractivity contribution is 4.93. The van der Waals surface area contributed by atoms with Crippen LogP contribution in [0.15, 0.2) is 0 Å². The topological polar surface area (TPSA) is 32.5 Å². The highest BCUT2D eigenvalue weighted by atomic mass is 15.3. The zero-order valence-corrected chi connectivity index (χ0v) is 12.3. The molecule has 18 heavy (non-hydrogen) atoms. The molecule has 3 heteroatoms. The molecule has 2 fully saturated rings. The summed E-state index contributed by atoms with van der Waals surface area (Å²) in [6, 6.07) is 2.13. The summed E-state index contributed by atoms with van der Waals surface area (Å²) in [5.74, 6) is 0. The highest BCUT2D eigenvalue weighted by Gasteiger charge is 2.36. The van der Waals surface area contributed by atoms with Crippen LogP contribution in [0.25, 0.3) is 0 Å². The van der Waals surface area contributed by atoms with Crippen molar-refractivity contribution in [3.05, 3.63) is 0 Å². The number of nitrogens with two attached hydrogens (primary N) is 1. The molecule has 3 nitrogen and oxygen atoms in total. The summed E-state index contributed by atoms with van der Waals surface area (Å²) in [7, 11) is 0. The Labute approximate surface area is 113 Å². The summed E-state index contributed by atoms with van der Waals surface area (Å²) >= 11 is 0. The van der Waals surface area contributed by atoms with Crippen LogP contribution in [0.3, 0.4) is 0 Å². The van der Waals surface area contributed by atoms with E-state index in [0.29, 0.717) is 12.1 Å². The van der Waals surface area contributed by atoms with Gasteiger partial charge in [-0.3, -0.25) is 9.80 Å². The summed E-state index contributed by atoms with van der Waals surface area (Å²) in [5.41, 5.74) is 6.03. The third-order valence-corrected chi connectivity index (χ3v) is 4.87. The predicted octanol–water partition coefficient (Wildman–Crippen LogP) is 2.06. The lowest BCUT2D eigenvalue weighted by Gasteiger charge is -2.46. The molecule has 0 amide bonds. The molecule has 0 spiro atoms. The Balaban J connectivity index is 1.88. The Morgan fingerprint density at radius 3 is 2.83 bits per heavy atom. The summed E-state index contributed by atoms with van der Waals surface area (Å²) < 4.78 is 0. The van der Waals surface area contributed by atoms with Gasteiger partial charge in [-0.1, -0.05) is 26.2 Å². The number of rotatable bonds is 6. The Morgan fingerprint density at radius 2 is 2.11 bits per heavy atom. The van der Waals surface area contributed by atoms with Crippen molar-refractivity contribution in [3.63, 3.8) is 0 Å². The van der Waals surface area contributed by atoms with Gasteiger partial charge in [0.15, 0.2) is 0 Å². The van der Waals surface area contributed by atoms with Crippen molar-refractivity contribution < 1.29 is 0 Å². The van der Waals surface area contributed by atoms with Gasteiger partial charge in [0.25, 0.3) is 0 Å². The number of nitrogens with zero attached hydrogens (tertiary/aromatic N) is 2. The van der Waals surface area contributed by atoms with Gasteiger partial charge >= 0.3 is 0 Å². The second-order valence-corrected chi connectivity index (χ2v) is 6.22. The molecular weight excluding hydrogens is 222 g/mol. The van der Waals surface area contributed by atoms with Crippen molar-refractivity contribution in [2.24, 2.45) is 5.73 Å². The van der Waals surface area contributed by atoms with Crippen LogP contribution in [-0.4, -0.2) is 54.1 Å². The van der Waals surface area contributed by atoms with E-state index in [-0.39, 0.29) is 0 Å².